The first-order valence-electron chi connectivity index (χ1n) is 8.56. The molecule has 0 radical (unpaired) electrons. The third kappa shape index (κ3) is 3.50. The van der Waals surface area contributed by atoms with Crippen LogP contribution in [0.25, 0.3) is 0 Å². The van der Waals surface area contributed by atoms with Crippen LogP contribution >= 0.6 is 0 Å². The first kappa shape index (κ1) is 16.2. The molecule has 1 atom stereocenters. The minimum Gasteiger partial charge on any atom is -0.396 e. The summed E-state index contributed by atoms with van der Waals surface area (Å²) in [4.78, 5) is 12.2. The Kier molecular flexibility index (Phi) is 4.85. The summed E-state index contributed by atoms with van der Waals surface area (Å²) in [5.41, 5.74) is 1.67. The predicted octanol–water partition coefficient (Wildman–Crippen LogP) is 3.06. The molecular formula is C18H25FN2O2. The molecule has 2 aliphatic rings. The number of fused-ring (bicyclic) bond motifs is 1. The second-order valence-electron chi connectivity index (χ2n) is 6.91. The Labute approximate surface area is 136 Å². The summed E-state index contributed by atoms with van der Waals surface area (Å²) in [6, 6.07) is 4.75. The van der Waals surface area contributed by atoms with Crippen LogP contribution in [0, 0.1) is 11.2 Å². The van der Waals surface area contributed by atoms with Gasteiger partial charge in [-0.15, -0.1) is 0 Å². The number of aliphatic hydroxyl groups is 1. The zero-order valence-corrected chi connectivity index (χ0v) is 13.4. The van der Waals surface area contributed by atoms with Gasteiger partial charge >= 0.3 is 6.03 Å². The molecule has 23 heavy (non-hydrogen) atoms. The van der Waals surface area contributed by atoms with E-state index in [4.69, 9.17) is 0 Å². The van der Waals surface area contributed by atoms with Gasteiger partial charge in [-0.25, -0.2) is 9.18 Å². The van der Waals surface area contributed by atoms with E-state index in [2.05, 4.69) is 10.6 Å². The maximum Gasteiger partial charge on any atom is 0.315 e. The molecule has 126 valence electrons. The van der Waals surface area contributed by atoms with E-state index in [1.165, 1.54) is 18.9 Å². The van der Waals surface area contributed by atoms with Crippen molar-refractivity contribution in [2.24, 2.45) is 5.41 Å². The van der Waals surface area contributed by atoms with Gasteiger partial charge in [0.05, 0.1) is 6.04 Å². The van der Waals surface area contributed by atoms with Gasteiger partial charge in [-0.3, -0.25) is 0 Å². The van der Waals surface area contributed by atoms with Crippen molar-refractivity contribution >= 4 is 6.03 Å². The van der Waals surface area contributed by atoms with E-state index in [0.717, 1.165) is 36.8 Å². The third-order valence-electron chi connectivity index (χ3n) is 5.45. The zero-order chi connectivity index (χ0) is 16.3. The second-order valence-corrected chi connectivity index (χ2v) is 6.91. The molecule has 1 unspecified atom stereocenters. The highest BCUT2D eigenvalue weighted by Crippen LogP contribution is 2.40. The molecule has 0 heterocycles. The molecule has 1 aromatic carbocycles. The van der Waals surface area contributed by atoms with Crippen molar-refractivity contribution in [1.82, 2.24) is 10.6 Å². The molecule has 4 nitrogen and oxygen atoms in total. The number of carbonyl (C=O) groups excluding carboxylic acids is 1. The van der Waals surface area contributed by atoms with E-state index >= 15 is 0 Å². The van der Waals surface area contributed by atoms with Crippen LogP contribution in [0.2, 0.25) is 0 Å². The SMILES string of the molecule is O=C(NCC1(CCO)CCCC1)NC1CCc2c(F)cccc21. The van der Waals surface area contributed by atoms with Crippen LogP contribution in [-0.4, -0.2) is 24.3 Å². The summed E-state index contributed by atoms with van der Waals surface area (Å²) >= 11 is 0. The molecule has 3 N–H and O–H groups in total. The van der Waals surface area contributed by atoms with E-state index in [1.54, 1.807) is 6.07 Å². The highest BCUT2D eigenvalue weighted by Gasteiger charge is 2.34. The number of halogens is 1. The number of nitrogens with one attached hydrogen (secondary N) is 2. The van der Waals surface area contributed by atoms with E-state index in [1.807, 2.05) is 6.07 Å². The lowest BCUT2D eigenvalue weighted by Gasteiger charge is -2.29. The Bertz CT molecular complexity index is 570. The molecule has 0 aliphatic heterocycles. The number of hydrogen-bond acceptors (Lipinski definition) is 2. The van der Waals surface area contributed by atoms with Crippen LogP contribution in [-0.2, 0) is 6.42 Å². The molecule has 1 fully saturated rings. The Hall–Kier alpha value is -1.62. The Morgan fingerprint density at radius 2 is 2.13 bits per heavy atom. The standard InChI is InChI=1S/C18H25FN2O2/c19-15-5-3-4-14-13(15)6-7-16(14)21-17(23)20-12-18(10-11-22)8-1-2-9-18/h3-5,16,22H,1-2,6-12H2,(H2,20,21,23). The average molecular weight is 320 g/mol. The van der Waals surface area contributed by atoms with Gasteiger partial charge < -0.3 is 15.7 Å². The van der Waals surface area contributed by atoms with Crippen molar-refractivity contribution < 1.29 is 14.3 Å². The minimum absolute atomic E-state index is 0.0474. The lowest BCUT2D eigenvalue weighted by atomic mass is 9.83. The van der Waals surface area contributed by atoms with E-state index in [9.17, 15) is 14.3 Å². The van der Waals surface area contributed by atoms with Gasteiger partial charge in [0.25, 0.3) is 0 Å². The van der Waals surface area contributed by atoms with Gasteiger partial charge in [0.2, 0.25) is 0 Å². The van der Waals surface area contributed by atoms with Crippen molar-refractivity contribution in [2.45, 2.75) is 51.0 Å². The maximum absolute atomic E-state index is 13.7. The topological polar surface area (TPSA) is 61.4 Å². The fourth-order valence-electron chi connectivity index (χ4n) is 4.11. The molecule has 3 rings (SSSR count). The molecule has 1 saturated carbocycles. The summed E-state index contributed by atoms with van der Waals surface area (Å²) in [5.74, 6) is -0.180. The van der Waals surface area contributed by atoms with Crippen LogP contribution < -0.4 is 10.6 Å². The van der Waals surface area contributed by atoms with E-state index in [-0.39, 0.29) is 29.9 Å². The maximum atomic E-state index is 13.7. The van der Waals surface area contributed by atoms with Crippen LogP contribution in [0.1, 0.15) is 55.7 Å². The summed E-state index contributed by atoms with van der Waals surface area (Å²) in [6.45, 7) is 0.765. The van der Waals surface area contributed by atoms with Crippen LogP contribution in [0.4, 0.5) is 9.18 Å². The van der Waals surface area contributed by atoms with Crippen molar-refractivity contribution in [1.29, 1.82) is 0 Å². The summed E-state index contributed by atoms with van der Waals surface area (Å²) in [6.07, 6.45) is 6.60. The van der Waals surface area contributed by atoms with Crippen molar-refractivity contribution in [2.75, 3.05) is 13.2 Å². The first-order valence-corrected chi connectivity index (χ1v) is 8.56. The molecule has 2 aliphatic carbocycles. The third-order valence-corrected chi connectivity index (χ3v) is 5.45. The minimum atomic E-state index is -0.198. The van der Waals surface area contributed by atoms with Crippen molar-refractivity contribution in [3.8, 4) is 0 Å². The number of benzene rings is 1. The van der Waals surface area contributed by atoms with Crippen LogP contribution in [0.3, 0.4) is 0 Å². The zero-order valence-electron chi connectivity index (χ0n) is 13.4. The summed E-state index contributed by atoms with van der Waals surface area (Å²) < 4.78 is 13.7. The number of urea groups is 1. The number of aliphatic hydroxyl groups excluding tert-OH is 1. The number of carbonyl (C=O) groups is 1. The summed E-state index contributed by atoms with van der Waals surface area (Å²) in [5, 5.41) is 15.2. The molecule has 0 spiro atoms. The van der Waals surface area contributed by atoms with Gasteiger partial charge in [0, 0.05) is 13.2 Å². The largest absolute Gasteiger partial charge is 0.396 e. The Morgan fingerprint density at radius 3 is 2.87 bits per heavy atom. The van der Waals surface area contributed by atoms with E-state index in [0.29, 0.717) is 13.0 Å². The first-order chi connectivity index (χ1) is 11.1. The number of rotatable bonds is 5. The Morgan fingerprint density at radius 1 is 1.35 bits per heavy atom. The second kappa shape index (κ2) is 6.87. The summed E-state index contributed by atoms with van der Waals surface area (Å²) in [7, 11) is 0. The monoisotopic (exact) mass is 320 g/mol. The van der Waals surface area contributed by atoms with Crippen molar-refractivity contribution in [3.05, 3.63) is 35.1 Å². The molecule has 2 amide bonds. The molecule has 0 saturated heterocycles. The van der Waals surface area contributed by atoms with Gasteiger partial charge in [0.15, 0.2) is 0 Å². The molecular weight excluding hydrogens is 295 g/mol. The van der Waals surface area contributed by atoms with Gasteiger partial charge in [-0.1, -0.05) is 25.0 Å². The average Bonchev–Trinajstić information content (AvgIpc) is 3.15. The highest BCUT2D eigenvalue weighted by atomic mass is 19.1. The van der Waals surface area contributed by atoms with Crippen LogP contribution in [0.15, 0.2) is 18.2 Å². The highest BCUT2D eigenvalue weighted by molar-refractivity contribution is 5.74. The predicted molar refractivity (Wildman–Crippen MR) is 86.6 cm³/mol. The lowest BCUT2D eigenvalue weighted by molar-refractivity contribution is 0.177. The molecule has 1 aromatic rings. The van der Waals surface area contributed by atoms with Gasteiger partial charge in [-0.05, 0) is 54.7 Å². The van der Waals surface area contributed by atoms with Gasteiger partial charge in [0.1, 0.15) is 5.82 Å². The fourth-order valence-corrected chi connectivity index (χ4v) is 4.11. The van der Waals surface area contributed by atoms with Crippen LogP contribution in [0.5, 0.6) is 0 Å². The van der Waals surface area contributed by atoms with Crippen molar-refractivity contribution in [3.63, 3.8) is 0 Å². The fraction of sp³-hybridized carbons (Fsp3) is 0.611. The molecule has 0 bridgehead atoms. The lowest BCUT2D eigenvalue weighted by Crippen LogP contribution is -2.43. The number of amides is 2. The smallest absolute Gasteiger partial charge is 0.315 e. The Balaban J connectivity index is 1.56. The number of hydrogen-bond donors (Lipinski definition) is 3. The van der Waals surface area contributed by atoms with Gasteiger partial charge in [-0.2, -0.15) is 0 Å². The molecule has 0 aromatic heterocycles. The normalized spacial score (nSPS) is 21.9. The molecule has 5 heteroatoms. The van der Waals surface area contributed by atoms with E-state index < -0.39 is 0 Å². The quantitative estimate of drug-likeness (QED) is 0.781.